The first-order chi connectivity index (χ1) is 15.9. The van der Waals surface area contributed by atoms with Crippen LogP contribution in [0, 0.1) is 11.3 Å². The smallest absolute Gasteiger partial charge is 0.162 e. The van der Waals surface area contributed by atoms with Gasteiger partial charge in [-0.25, -0.2) is 5.01 Å². The van der Waals surface area contributed by atoms with Crippen LogP contribution < -0.4 is 15.2 Å². The second-order valence-electron chi connectivity index (χ2n) is 8.42. The van der Waals surface area contributed by atoms with Crippen LogP contribution in [0.15, 0.2) is 71.2 Å². The minimum Gasteiger partial charge on any atom is -0.493 e. The monoisotopic (exact) mass is 444 g/mol. The Balaban J connectivity index is 1.90. The molecule has 2 aliphatic rings. The summed E-state index contributed by atoms with van der Waals surface area (Å²) in [6, 6.07) is 17.8. The molecule has 0 fully saturated rings. The molecule has 1 heterocycles. The van der Waals surface area contributed by atoms with Gasteiger partial charge in [-0.1, -0.05) is 36.4 Å². The Labute approximate surface area is 194 Å². The van der Waals surface area contributed by atoms with E-state index >= 15 is 0 Å². The molecule has 170 valence electrons. The number of nitrogens with zero attached hydrogens (tertiary/aromatic N) is 3. The second kappa shape index (κ2) is 9.00. The number of benzene rings is 2. The van der Waals surface area contributed by atoms with Gasteiger partial charge >= 0.3 is 0 Å². The third-order valence-electron chi connectivity index (χ3n) is 6.35. The number of rotatable bonds is 5. The molecule has 2 aromatic carbocycles. The molecule has 0 amide bonds. The highest BCUT2D eigenvalue weighted by atomic mass is 16.5. The average molecular weight is 445 g/mol. The topological polar surface area (TPSA) is 91.8 Å². The molecule has 2 aromatic rings. The normalized spacial score (nSPS) is 20.6. The van der Waals surface area contributed by atoms with Crippen LogP contribution in [0.4, 0.5) is 0 Å². The van der Waals surface area contributed by atoms with Gasteiger partial charge in [0.05, 0.1) is 31.8 Å². The predicted molar refractivity (Wildman–Crippen MR) is 125 cm³/mol. The van der Waals surface area contributed by atoms with Crippen molar-refractivity contribution in [3.8, 4) is 17.6 Å². The highest BCUT2D eigenvalue weighted by molar-refractivity contribution is 6.00. The first-order valence-electron chi connectivity index (χ1n) is 10.8. The largest absolute Gasteiger partial charge is 0.493 e. The molecule has 0 saturated heterocycles. The van der Waals surface area contributed by atoms with Crippen LogP contribution in [0.3, 0.4) is 0 Å². The molecule has 0 spiro atoms. The Bertz CT molecular complexity index is 1180. The van der Waals surface area contributed by atoms with E-state index in [4.69, 9.17) is 15.2 Å². The summed E-state index contributed by atoms with van der Waals surface area (Å²) in [5, 5.41) is 13.7. The zero-order valence-electron chi connectivity index (χ0n) is 19.3. The lowest BCUT2D eigenvalue weighted by atomic mass is 9.72. The van der Waals surface area contributed by atoms with Crippen LogP contribution in [-0.2, 0) is 4.79 Å². The number of carbonyl (C=O) groups is 1. The van der Waals surface area contributed by atoms with E-state index in [1.807, 2.05) is 49.4 Å². The lowest BCUT2D eigenvalue weighted by Crippen LogP contribution is -2.46. The van der Waals surface area contributed by atoms with Crippen LogP contribution in [0.5, 0.6) is 11.5 Å². The number of hydrazine groups is 1. The number of methoxy groups -OCH3 is 2. The van der Waals surface area contributed by atoms with E-state index in [0.717, 1.165) is 16.8 Å². The van der Waals surface area contributed by atoms with Gasteiger partial charge in [0.25, 0.3) is 0 Å². The van der Waals surface area contributed by atoms with E-state index in [0.29, 0.717) is 41.3 Å². The maximum atomic E-state index is 13.7. The molecule has 0 unspecified atom stereocenters. The Morgan fingerprint density at radius 3 is 2.33 bits per heavy atom. The summed E-state index contributed by atoms with van der Waals surface area (Å²) in [6.45, 7) is 0. The molecule has 4 rings (SSSR count). The van der Waals surface area contributed by atoms with E-state index in [-0.39, 0.29) is 11.7 Å². The van der Waals surface area contributed by atoms with Gasteiger partial charge in [-0.15, -0.1) is 0 Å². The van der Waals surface area contributed by atoms with Gasteiger partial charge in [-0.3, -0.25) is 9.80 Å². The van der Waals surface area contributed by atoms with E-state index in [2.05, 4.69) is 18.2 Å². The third kappa shape index (κ3) is 3.83. The lowest BCUT2D eigenvalue weighted by Gasteiger charge is -2.43. The minimum absolute atomic E-state index is 0.0250. The molecule has 7 nitrogen and oxygen atoms in total. The van der Waals surface area contributed by atoms with Crippen molar-refractivity contribution in [3.63, 3.8) is 0 Å². The standard InChI is InChI=1S/C26H28N4O3/c1-29(2)30-20-12-18(16-8-6-5-7-9-16)13-21(31)25(20)24(19(15-27)26(30)28)17-10-11-22(32-3)23(14-17)33-4/h5-11,14,18,24H,12-13,28H2,1-4H3/t18-,24+/m0/s1. The highest BCUT2D eigenvalue weighted by Crippen LogP contribution is 2.48. The zero-order chi connectivity index (χ0) is 23.7. The van der Waals surface area contributed by atoms with Crippen molar-refractivity contribution in [2.24, 2.45) is 5.73 Å². The molecule has 0 aromatic heterocycles. The van der Waals surface area contributed by atoms with Gasteiger partial charge in [-0.05, 0) is 35.6 Å². The Kier molecular flexibility index (Phi) is 6.12. The summed E-state index contributed by atoms with van der Waals surface area (Å²) in [5.74, 6) is 0.955. The first kappa shape index (κ1) is 22.4. The number of ketones is 1. The summed E-state index contributed by atoms with van der Waals surface area (Å²) in [6.07, 6.45) is 1.03. The van der Waals surface area contributed by atoms with E-state index in [1.165, 1.54) is 0 Å². The van der Waals surface area contributed by atoms with Gasteiger partial charge in [0.15, 0.2) is 17.3 Å². The number of nitriles is 1. The van der Waals surface area contributed by atoms with Crippen LogP contribution in [0.25, 0.3) is 0 Å². The van der Waals surface area contributed by atoms with Gasteiger partial charge in [-0.2, -0.15) is 5.26 Å². The second-order valence-corrected chi connectivity index (χ2v) is 8.42. The Morgan fingerprint density at radius 1 is 1.03 bits per heavy atom. The molecular formula is C26H28N4O3. The number of hydrogen-bond donors (Lipinski definition) is 1. The lowest BCUT2D eigenvalue weighted by molar-refractivity contribution is -0.117. The molecule has 0 saturated carbocycles. The van der Waals surface area contributed by atoms with Crippen molar-refractivity contribution in [2.75, 3.05) is 28.3 Å². The quantitative estimate of drug-likeness (QED) is 0.752. The molecule has 33 heavy (non-hydrogen) atoms. The number of allylic oxidation sites excluding steroid dienone is 3. The Morgan fingerprint density at radius 2 is 1.73 bits per heavy atom. The molecule has 1 aliphatic carbocycles. The van der Waals surface area contributed by atoms with Gasteiger partial charge in [0.1, 0.15) is 5.82 Å². The molecule has 2 N–H and O–H groups in total. The number of ether oxygens (including phenoxy) is 2. The van der Waals surface area contributed by atoms with E-state index in [9.17, 15) is 10.1 Å². The highest BCUT2D eigenvalue weighted by Gasteiger charge is 2.43. The number of hydrogen-bond acceptors (Lipinski definition) is 7. The molecule has 1 aliphatic heterocycles. The first-order valence-corrected chi connectivity index (χ1v) is 10.8. The van der Waals surface area contributed by atoms with Crippen LogP contribution in [0.2, 0.25) is 0 Å². The summed E-state index contributed by atoms with van der Waals surface area (Å²) in [7, 11) is 6.85. The van der Waals surface area contributed by atoms with Crippen molar-refractivity contribution in [3.05, 3.63) is 82.3 Å². The maximum absolute atomic E-state index is 13.7. The fourth-order valence-corrected chi connectivity index (χ4v) is 4.90. The van der Waals surface area contributed by atoms with Crippen LogP contribution >= 0.6 is 0 Å². The number of carbonyl (C=O) groups excluding carboxylic acids is 1. The van der Waals surface area contributed by atoms with Crippen LogP contribution in [0.1, 0.15) is 35.8 Å². The van der Waals surface area contributed by atoms with Gasteiger partial charge < -0.3 is 15.2 Å². The summed E-state index contributed by atoms with van der Waals surface area (Å²) in [5.41, 5.74) is 10.3. The van der Waals surface area contributed by atoms with Gasteiger partial charge in [0, 0.05) is 31.8 Å². The predicted octanol–water partition coefficient (Wildman–Crippen LogP) is 3.67. The maximum Gasteiger partial charge on any atom is 0.162 e. The number of Topliss-reactive ketones (excluding diaryl/α,β-unsaturated/α-hetero) is 1. The van der Waals surface area contributed by atoms with Crippen LogP contribution in [-0.4, -0.2) is 44.1 Å². The number of nitrogens with two attached hydrogens (primary N) is 1. The van der Waals surface area contributed by atoms with Crippen molar-refractivity contribution < 1.29 is 14.3 Å². The van der Waals surface area contributed by atoms with Gasteiger partial charge in [0.2, 0.25) is 0 Å². The SMILES string of the molecule is COc1ccc([C@@H]2C(C#N)=C(N)N(N(C)C)C3=C2C(=O)C[C@@H](c2ccccc2)C3)cc1OC. The average Bonchev–Trinajstić information content (AvgIpc) is 2.82. The molecule has 7 heteroatoms. The summed E-state index contributed by atoms with van der Waals surface area (Å²) < 4.78 is 10.9. The van der Waals surface area contributed by atoms with Crippen molar-refractivity contribution >= 4 is 5.78 Å². The minimum atomic E-state index is -0.565. The third-order valence-corrected chi connectivity index (χ3v) is 6.35. The molecule has 0 bridgehead atoms. The molecule has 2 atom stereocenters. The van der Waals surface area contributed by atoms with E-state index in [1.54, 1.807) is 25.3 Å². The van der Waals surface area contributed by atoms with Crippen molar-refractivity contribution in [1.82, 2.24) is 10.0 Å². The Hall–Kier alpha value is -3.76. The summed E-state index contributed by atoms with van der Waals surface area (Å²) >= 11 is 0. The van der Waals surface area contributed by atoms with Crippen molar-refractivity contribution in [1.29, 1.82) is 5.26 Å². The fraction of sp³-hybridized carbons (Fsp3) is 0.308. The summed E-state index contributed by atoms with van der Waals surface area (Å²) in [4.78, 5) is 13.7. The molecule has 0 radical (unpaired) electrons. The fourth-order valence-electron chi connectivity index (χ4n) is 4.90. The molecular weight excluding hydrogens is 416 g/mol. The van der Waals surface area contributed by atoms with Crippen molar-refractivity contribution in [2.45, 2.75) is 24.7 Å². The zero-order valence-corrected chi connectivity index (χ0v) is 19.3. The van der Waals surface area contributed by atoms with E-state index < -0.39 is 5.92 Å².